The van der Waals surface area contributed by atoms with Crippen LogP contribution in [0.25, 0.3) is 10.9 Å². The Balaban J connectivity index is 0.00000176. The summed E-state index contributed by atoms with van der Waals surface area (Å²) in [5, 5.41) is 11.6. The fourth-order valence-electron chi connectivity index (χ4n) is 2.31. The van der Waals surface area contributed by atoms with Gasteiger partial charge in [-0.15, -0.1) is 0 Å². The summed E-state index contributed by atoms with van der Waals surface area (Å²) in [4.78, 5) is 0. The van der Waals surface area contributed by atoms with Crippen LogP contribution in [0, 0.1) is 6.92 Å². The van der Waals surface area contributed by atoms with E-state index in [0.29, 0.717) is 0 Å². The Morgan fingerprint density at radius 3 is 2.64 bits per heavy atom. The SMILES string of the molecule is COc1c[n+](C)c(/N=N/c2c(C)n(C)c3ccccc23)s1.[Cl-]. The number of nitrogens with zero attached hydrogens (tertiary/aromatic N) is 4. The fraction of sp³-hybridized carbons (Fsp3) is 0.267. The van der Waals surface area contributed by atoms with Gasteiger partial charge in [-0.3, -0.25) is 0 Å². The second-order valence-electron chi connectivity index (χ2n) is 4.86. The van der Waals surface area contributed by atoms with Crippen molar-refractivity contribution in [1.82, 2.24) is 4.57 Å². The molecule has 116 valence electrons. The van der Waals surface area contributed by atoms with Gasteiger partial charge in [0, 0.05) is 18.1 Å². The number of rotatable bonds is 3. The molecule has 0 amide bonds. The summed E-state index contributed by atoms with van der Waals surface area (Å²) < 4.78 is 9.27. The molecule has 5 nitrogen and oxygen atoms in total. The van der Waals surface area contributed by atoms with E-state index in [1.807, 2.05) is 37.0 Å². The van der Waals surface area contributed by atoms with E-state index in [1.165, 1.54) is 11.3 Å². The van der Waals surface area contributed by atoms with Crippen molar-refractivity contribution in [2.24, 2.45) is 24.3 Å². The van der Waals surface area contributed by atoms with Gasteiger partial charge in [0.25, 0.3) is 0 Å². The van der Waals surface area contributed by atoms with Gasteiger partial charge >= 0.3 is 5.13 Å². The highest BCUT2D eigenvalue weighted by Gasteiger charge is 2.16. The molecule has 7 heteroatoms. The molecule has 0 aliphatic carbocycles. The van der Waals surface area contributed by atoms with Crippen LogP contribution in [0.2, 0.25) is 0 Å². The van der Waals surface area contributed by atoms with Crippen LogP contribution in [-0.2, 0) is 14.1 Å². The zero-order chi connectivity index (χ0) is 15.0. The van der Waals surface area contributed by atoms with Gasteiger partial charge in [-0.05, 0) is 29.4 Å². The van der Waals surface area contributed by atoms with Crippen LogP contribution in [0.3, 0.4) is 0 Å². The van der Waals surface area contributed by atoms with E-state index < -0.39 is 0 Å². The number of hydrogen-bond donors (Lipinski definition) is 0. The van der Waals surface area contributed by atoms with Crippen molar-refractivity contribution in [2.45, 2.75) is 6.92 Å². The number of ether oxygens (including phenoxy) is 1. The van der Waals surface area contributed by atoms with E-state index in [9.17, 15) is 0 Å². The summed E-state index contributed by atoms with van der Waals surface area (Å²) in [5.74, 6) is 0. The Morgan fingerprint density at radius 2 is 1.95 bits per heavy atom. The quantitative estimate of drug-likeness (QED) is 0.515. The Bertz CT molecular complexity index is 838. The van der Waals surface area contributed by atoms with Crippen LogP contribution in [0.5, 0.6) is 5.06 Å². The summed E-state index contributed by atoms with van der Waals surface area (Å²) >= 11 is 1.47. The maximum absolute atomic E-state index is 5.22. The molecule has 0 atom stereocenters. The fourth-order valence-corrected chi connectivity index (χ4v) is 3.06. The van der Waals surface area contributed by atoms with Gasteiger partial charge in [-0.2, -0.15) is 0 Å². The van der Waals surface area contributed by atoms with Gasteiger partial charge in [0.05, 0.1) is 24.8 Å². The summed E-state index contributed by atoms with van der Waals surface area (Å²) in [6.45, 7) is 2.06. The standard InChI is InChI=1S/C15H17N4OS.ClH/c1-10-14(11-7-5-6-8-12(11)19(10)3)16-17-15-18(2)9-13(20-4)21-15;/h5-9H,1-4H3;1H/q+1;/p-1. The molecular weight excluding hydrogens is 320 g/mol. The maximum Gasteiger partial charge on any atom is 0.411 e. The highest BCUT2D eigenvalue weighted by Crippen LogP contribution is 2.34. The molecule has 0 fully saturated rings. The Kier molecular flexibility index (Phi) is 4.83. The molecular formula is C15H17ClN4OS. The van der Waals surface area contributed by atoms with E-state index in [-0.39, 0.29) is 12.4 Å². The minimum atomic E-state index is 0. The van der Waals surface area contributed by atoms with Gasteiger partial charge in [-0.25, -0.2) is 4.57 Å². The van der Waals surface area contributed by atoms with Crippen molar-refractivity contribution in [2.75, 3.05) is 7.11 Å². The molecule has 2 heterocycles. The van der Waals surface area contributed by atoms with Gasteiger partial charge in [0.2, 0.25) is 5.06 Å². The number of para-hydroxylation sites is 1. The van der Waals surface area contributed by atoms with Crippen LogP contribution < -0.4 is 21.7 Å². The lowest BCUT2D eigenvalue weighted by molar-refractivity contribution is -0.654. The van der Waals surface area contributed by atoms with Crippen molar-refractivity contribution < 1.29 is 21.7 Å². The van der Waals surface area contributed by atoms with Crippen molar-refractivity contribution in [3.8, 4) is 5.06 Å². The molecule has 0 aliphatic rings. The predicted octanol–water partition coefficient (Wildman–Crippen LogP) is 0.801. The summed E-state index contributed by atoms with van der Waals surface area (Å²) in [6, 6.07) is 8.23. The average Bonchev–Trinajstić information content (AvgIpc) is 2.97. The topological polar surface area (TPSA) is 42.8 Å². The lowest BCUT2D eigenvalue weighted by Gasteiger charge is -1.96. The zero-order valence-corrected chi connectivity index (χ0v) is 14.4. The number of methoxy groups -OCH3 is 1. The smallest absolute Gasteiger partial charge is 0.411 e. The monoisotopic (exact) mass is 336 g/mol. The first-order chi connectivity index (χ1) is 10.1. The first kappa shape index (κ1) is 16.5. The first-order valence-corrected chi connectivity index (χ1v) is 7.42. The van der Waals surface area contributed by atoms with Crippen molar-refractivity contribution in [1.29, 1.82) is 0 Å². The van der Waals surface area contributed by atoms with Crippen LogP contribution in [0.4, 0.5) is 10.8 Å². The van der Waals surface area contributed by atoms with E-state index in [1.54, 1.807) is 7.11 Å². The maximum atomic E-state index is 5.22. The van der Waals surface area contributed by atoms with E-state index in [2.05, 4.69) is 33.9 Å². The molecule has 0 aliphatic heterocycles. The van der Waals surface area contributed by atoms with Gasteiger partial charge in [-0.1, -0.05) is 18.2 Å². The second-order valence-corrected chi connectivity index (χ2v) is 5.83. The van der Waals surface area contributed by atoms with Crippen molar-refractivity contribution in [3.63, 3.8) is 0 Å². The van der Waals surface area contributed by atoms with Crippen molar-refractivity contribution in [3.05, 3.63) is 36.2 Å². The third-order valence-electron chi connectivity index (χ3n) is 3.60. The molecule has 22 heavy (non-hydrogen) atoms. The first-order valence-electron chi connectivity index (χ1n) is 6.61. The Labute approximate surface area is 139 Å². The molecule has 0 saturated carbocycles. The van der Waals surface area contributed by atoms with E-state index >= 15 is 0 Å². The molecule has 1 aromatic carbocycles. The Hall–Kier alpha value is -1.92. The number of benzene rings is 1. The molecule has 3 aromatic rings. The minimum absolute atomic E-state index is 0. The normalized spacial score (nSPS) is 11.1. The van der Waals surface area contributed by atoms with Crippen molar-refractivity contribution >= 4 is 33.1 Å². The summed E-state index contributed by atoms with van der Waals surface area (Å²) in [5.41, 5.74) is 3.18. The second kappa shape index (κ2) is 6.46. The third-order valence-corrected chi connectivity index (χ3v) is 4.62. The summed E-state index contributed by atoms with van der Waals surface area (Å²) in [7, 11) is 5.63. The van der Waals surface area contributed by atoms with E-state index in [4.69, 9.17) is 4.74 Å². The van der Waals surface area contributed by atoms with Crippen LogP contribution in [0.1, 0.15) is 5.69 Å². The third kappa shape index (κ3) is 2.71. The summed E-state index contributed by atoms with van der Waals surface area (Å²) in [6.07, 6.45) is 1.90. The molecule has 0 radical (unpaired) electrons. The molecule has 2 aromatic heterocycles. The van der Waals surface area contributed by atoms with E-state index in [0.717, 1.165) is 32.5 Å². The highest BCUT2D eigenvalue weighted by atomic mass is 35.5. The highest BCUT2D eigenvalue weighted by molar-refractivity contribution is 7.16. The molecule has 0 spiro atoms. The zero-order valence-electron chi connectivity index (χ0n) is 12.9. The largest absolute Gasteiger partial charge is 1.00 e. The number of hydrogen-bond acceptors (Lipinski definition) is 4. The predicted molar refractivity (Wildman–Crippen MR) is 83.9 cm³/mol. The molecule has 0 saturated heterocycles. The van der Waals surface area contributed by atoms with Gasteiger partial charge < -0.3 is 21.7 Å². The molecule has 0 bridgehead atoms. The number of fused-ring (bicyclic) bond motifs is 1. The number of azo groups is 1. The number of aryl methyl sites for hydroxylation is 2. The lowest BCUT2D eigenvalue weighted by Crippen LogP contribution is -3.00. The number of thiazole rings is 1. The van der Waals surface area contributed by atoms with Crippen LogP contribution in [0.15, 0.2) is 40.7 Å². The number of aromatic nitrogens is 2. The number of halogens is 1. The average molecular weight is 337 g/mol. The molecule has 0 unspecified atom stereocenters. The van der Waals surface area contributed by atoms with Crippen LogP contribution in [-0.4, -0.2) is 11.7 Å². The Morgan fingerprint density at radius 1 is 1.23 bits per heavy atom. The molecule has 0 N–H and O–H groups in total. The lowest BCUT2D eigenvalue weighted by atomic mass is 10.2. The molecule has 3 rings (SSSR count). The van der Waals surface area contributed by atoms with Gasteiger partial charge in [0.15, 0.2) is 0 Å². The minimum Gasteiger partial charge on any atom is -1.00 e. The van der Waals surface area contributed by atoms with Crippen LogP contribution >= 0.6 is 11.3 Å². The van der Waals surface area contributed by atoms with Gasteiger partial charge in [0.1, 0.15) is 11.9 Å².